The molecule has 1 aliphatic heterocycles. The number of aryl methyl sites for hydroxylation is 1. The SMILES string of the molecule is Cc1nc(-c2ccc3c(c2)CCN3CC(=O)Nc2cccc([N+](=O)[O-])c2)cs1. The standard InChI is InChI=1S/C20H18N4O3S/c1-13-21-18(12-28-13)14-5-6-19-15(9-14)7-8-23(19)11-20(25)22-16-3-2-4-17(10-16)24(26)27/h2-6,9-10,12H,7-8,11H2,1H3,(H,22,25). The van der Waals surface area contributed by atoms with Gasteiger partial charge in [-0.3, -0.25) is 14.9 Å². The summed E-state index contributed by atoms with van der Waals surface area (Å²) in [5.41, 5.74) is 4.69. The first kappa shape index (κ1) is 18.1. The fourth-order valence-corrected chi connectivity index (χ4v) is 3.98. The smallest absolute Gasteiger partial charge is 0.271 e. The number of carbonyl (C=O) groups excluding carboxylic acids is 1. The third-order valence-electron chi connectivity index (χ3n) is 4.66. The van der Waals surface area contributed by atoms with Crippen LogP contribution in [0.4, 0.5) is 17.1 Å². The van der Waals surface area contributed by atoms with Gasteiger partial charge in [-0.1, -0.05) is 12.1 Å². The van der Waals surface area contributed by atoms with Gasteiger partial charge in [-0.15, -0.1) is 11.3 Å². The molecule has 8 heteroatoms. The molecule has 4 rings (SSSR count). The first-order valence-corrected chi connectivity index (χ1v) is 9.72. The predicted molar refractivity (Wildman–Crippen MR) is 110 cm³/mol. The first-order valence-electron chi connectivity index (χ1n) is 8.84. The minimum atomic E-state index is -0.478. The van der Waals surface area contributed by atoms with Crippen LogP contribution in [0.15, 0.2) is 47.8 Å². The molecule has 0 radical (unpaired) electrons. The zero-order valence-corrected chi connectivity index (χ0v) is 16.0. The molecule has 2 heterocycles. The Morgan fingerprint density at radius 2 is 2.18 bits per heavy atom. The lowest BCUT2D eigenvalue weighted by molar-refractivity contribution is -0.384. The summed E-state index contributed by atoms with van der Waals surface area (Å²) in [7, 11) is 0. The number of hydrogen-bond acceptors (Lipinski definition) is 6. The molecule has 28 heavy (non-hydrogen) atoms. The Labute approximate surface area is 165 Å². The van der Waals surface area contributed by atoms with Gasteiger partial charge in [0.15, 0.2) is 0 Å². The van der Waals surface area contributed by atoms with Crippen LogP contribution in [-0.4, -0.2) is 28.9 Å². The van der Waals surface area contributed by atoms with Crippen LogP contribution in [0.1, 0.15) is 10.6 Å². The first-order chi connectivity index (χ1) is 13.5. The van der Waals surface area contributed by atoms with E-state index in [9.17, 15) is 14.9 Å². The van der Waals surface area contributed by atoms with Crippen LogP contribution >= 0.6 is 11.3 Å². The summed E-state index contributed by atoms with van der Waals surface area (Å²) in [6, 6.07) is 12.2. The summed E-state index contributed by atoms with van der Waals surface area (Å²) in [5, 5.41) is 16.7. The molecule has 1 N–H and O–H groups in total. The van der Waals surface area contributed by atoms with Crippen molar-refractivity contribution in [1.82, 2.24) is 4.98 Å². The van der Waals surface area contributed by atoms with E-state index >= 15 is 0 Å². The van der Waals surface area contributed by atoms with Crippen LogP contribution in [0, 0.1) is 17.0 Å². The Bertz CT molecular complexity index is 1060. The highest BCUT2D eigenvalue weighted by Crippen LogP contribution is 2.32. The lowest BCUT2D eigenvalue weighted by Crippen LogP contribution is -2.31. The molecule has 0 saturated heterocycles. The Balaban J connectivity index is 1.45. The van der Waals surface area contributed by atoms with E-state index < -0.39 is 4.92 Å². The van der Waals surface area contributed by atoms with Gasteiger partial charge in [0.05, 0.1) is 22.2 Å². The van der Waals surface area contributed by atoms with Gasteiger partial charge in [0.1, 0.15) is 0 Å². The fourth-order valence-electron chi connectivity index (χ4n) is 3.36. The zero-order valence-electron chi connectivity index (χ0n) is 15.2. The number of thiazole rings is 1. The Morgan fingerprint density at radius 3 is 2.93 bits per heavy atom. The summed E-state index contributed by atoms with van der Waals surface area (Å²) >= 11 is 1.63. The van der Waals surface area contributed by atoms with Gasteiger partial charge >= 0.3 is 0 Å². The predicted octanol–water partition coefficient (Wildman–Crippen LogP) is 4.03. The number of fused-ring (bicyclic) bond motifs is 1. The van der Waals surface area contributed by atoms with Gasteiger partial charge in [-0.25, -0.2) is 4.98 Å². The molecule has 142 valence electrons. The van der Waals surface area contributed by atoms with Gasteiger partial charge in [-0.05, 0) is 37.1 Å². The van der Waals surface area contributed by atoms with E-state index in [1.807, 2.05) is 24.0 Å². The molecule has 3 aromatic rings. The van der Waals surface area contributed by atoms with E-state index in [-0.39, 0.29) is 18.1 Å². The van der Waals surface area contributed by atoms with E-state index in [0.717, 1.165) is 34.9 Å². The van der Waals surface area contributed by atoms with Gasteiger partial charge in [0.2, 0.25) is 5.91 Å². The second-order valence-electron chi connectivity index (χ2n) is 6.62. The maximum Gasteiger partial charge on any atom is 0.271 e. The van der Waals surface area contributed by atoms with Crippen molar-refractivity contribution < 1.29 is 9.72 Å². The lowest BCUT2D eigenvalue weighted by atomic mass is 10.1. The van der Waals surface area contributed by atoms with Gasteiger partial charge in [0, 0.05) is 41.0 Å². The van der Waals surface area contributed by atoms with Crippen molar-refractivity contribution in [3.63, 3.8) is 0 Å². The van der Waals surface area contributed by atoms with Crippen LogP contribution in [0.25, 0.3) is 11.3 Å². The van der Waals surface area contributed by atoms with Crippen molar-refractivity contribution in [2.75, 3.05) is 23.3 Å². The maximum atomic E-state index is 12.4. The topological polar surface area (TPSA) is 88.4 Å². The third-order valence-corrected chi connectivity index (χ3v) is 5.43. The highest BCUT2D eigenvalue weighted by molar-refractivity contribution is 7.09. The van der Waals surface area contributed by atoms with E-state index in [4.69, 9.17) is 0 Å². The molecule has 7 nitrogen and oxygen atoms in total. The van der Waals surface area contributed by atoms with Gasteiger partial charge < -0.3 is 10.2 Å². The number of nitrogens with zero attached hydrogens (tertiary/aromatic N) is 3. The third kappa shape index (κ3) is 3.72. The van der Waals surface area contributed by atoms with Gasteiger partial charge in [0.25, 0.3) is 5.69 Å². The number of nitro groups is 1. The molecule has 0 spiro atoms. The van der Waals surface area contributed by atoms with Crippen molar-refractivity contribution in [2.45, 2.75) is 13.3 Å². The fraction of sp³-hybridized carbons (Fsp3) is 0.200. The number of hydrogen-bond donors (Lipinski definition) is 1. The van der Waals surface area contributed by atoms with Gasteiger partial charge in [-0.2, -0.15) is 0 Å². The maximum absolute atomic E-state index is 12.4. The average molecular weight is 394 g/mol. The molecular weight excluding hydrogens is 376 g/mol. The number of rotatable bonds is 5. The van der Waals surface area contributed by atoms with Crippen LogP contribution in [-0.2, 0) is 11.2 Å². The quantitative estimate of drug-likeness (QED) is 0.521. The molecule has 1 amide bonds. The number of non-ortho nitro benzene ring substituents is 1. The van der Waals surface area contributed by atoms with Crippen LogP contribution in [0.5, 0.6) is 0 Å². The summed E-state index contributed by atoms with van der Waals surface area (Å²) in [6.45, 7) is 2.95. The summed E-state index contributed by atoms with van der Waals surface area (Å²) in [5.74, 6) is -0.201. The number of anilines is 2. The Hall–Kier alpha value is -3.26. The number of aromatic nitrogens is 1. The highest BCUT2D eigenvalue weighted by Gasteiger charge is 2.22. The van der Waals surface area contributed by atoms with Crippen molar-refractivity contribution in [3.05, 3.63) is 68.5 Å². The lowest BCUT2D eigenvalue weighted by Gasteiger charge is -2.19. The summed E-state index contributed by atoms with van der Waals surface area (Å²) in [4.78, 5) is 29.4. The number of nitro benzene ring substituents is 1. The highest BCUT2D eigenvalue weighted by atomic mass is 32.1. The van der Waals surface area contributed by atoms with Crippen molar-refractivity contribution in [2.24, 2.45) is 0 Å². The van der Waals surface area contributed by atoms with Crippen LogP contribution in [0.2, 0.25) is 0 Å². The molecule has 0 atom stereocenters. The van der Waals surface area contributed by atoms with E-state index in [0.29, 0.717) is 5.69 Å². The normalized spacial score (nSPS) is 12.7. The molecule has 1 aliphatic rings. The number of nitrogens with one attached hydrogen (secondary N) is 1. The molecule has 1 aromatic heterocycles. The second kappa shape index (κ2) is 7.40. The van der Waals surface area contributed by atoms with Crippen molar-refractivity contribution in [1.29, 1.82) is 0 Å². The summed E-state index contributed by atoms with van der Waals surface area (Å²) < 4.78 is 0. The van der Waals surface area contributed by atoms with E-state index in [1.165, 1.54) is 17.7 Å². The Kier molecular flexibility index (Phi) is 4.79. The molecule has 0 unspecified atom stereocenters. The van der Waals surface area contributed by atoms with Crippen LogP contribution in [0.3, 0.4) is 0 Å². The van der Waals surface area contributed by atoms with Crippen molar-refractivity contribution in [3.8, 4) is 11.3 Å². The molecule has 0 saturated carbocycles. The molecule has 2 aromatic carbocycles. The van der Waals surface area contributed by atoms with Crippen molar-refractivity contribution >= 4 is 34.3 Å². The summed E-state index contributed by atoms with van der Waals surface area (Å²) in [6.07, 6.45) is 0.871. The Morgan fingerprint density at radius 1 is 1.32 bits per heavy atom. The minimum Gasteiger partial charge on any atom is -0.362 e. The molecular formula is C20H18N4O3S. The van der Waals surface area contributed by atoms with Crippen LogP contribution < -0.4 is 10.2 Å². The number of amides is 1. The average Bonchev–Trinajstić information content (AvgIpc) is 3.28. The number of carbonyl (C=O) groups is 1. The van der Waals surface area contributed by atoms with E-state index in [1.54, 1.807) is 23.5 Å². The monoisotopic (exact) mass is 394 g/mol. The largest absolute Gasteiger partial charge is 0.362 e. The molecule has 0 bridgehead atoms. The zero-order chi connectivity index (χ0) is 19.7. The number of benzene rings is 2. The minimum absolute atomic E-state index is 0.0471. The second-order valence-corrected chi connectivity index (χ2v) is 7.68. The molecule has 0 fully saturated rings. The van der Waals surface area contributed by atoms with E-state index in [2.05, 4.69) is 21.7 Å². The molecule has 0 aliphatic carbocycles.